The van der Waals surface area contributed by atoms with Crippen LogP contribution in [0.1, 0.15) is 283 Å². The van der Waals surface area contributed by atoms with Crippen molar-refractivity contribution in [3.05, 3.63) is 162 Å². The lowest BCUT2D eigenvalue weighted by atomic mass is 9.78. The lowest BCUT2D eigenvalue weighted by molar-refractivity contribution is 0.568. The number of H-pyrrole nitrogens is 2. The normalized spacial score (nSPS) is 14.3. The Kier molecular flexibility index (Phi) is 16.2. The smallest absolute Gasteiger partial charge is 0.0770 e. The second-order valence-electron chi connectivity index (χ2n) is 35.1. The molecule has 2 N–H and O–H groups in total. The van der Waals surface area contributed by atoms with Crippen molar-refractivity contribution < 1.29 is 0 Å². The van der Waals surface area contributed by atoms with Crippen LogP contribution in [0.3, 0.4) is 0 Å². The van der Waals surface area contributed by atoms with E-state index < -0.39 is 0 Å². The lowest BCUT2D eigenvalue weighted by Gasteiger charge is -2.27. The average molecular weight is 1180 g/mol. The highest BCUT2D eigenvalue weighted by molar-refractivity contribution is 6.09. The number of allylic oxidation sites excluding steroid dienone is 4. The molecule has 4 aromatic carbocycles. The number of rotatable bonds is 4. The molecule has 7 aromatic rings. The standard InChI is InChI=1S/C84H110N4/c1-45-46(2)70-66(54-35-59(79(15,16)17)42-60(36-54)80(18,19)20)72-49(5)50(6)74(87-72)68(56-39-63(83(27,28)29)44-64(40-56)84(30,31)32)76-52(8)51(7)75(88-76)67(55-37-61(81(21,22)23)43-62(38-55)82(24,25)26)73-48(4)47(3)71(86-73)65(69(45)85-70)53-33-57(77(9,10)11)41-58(34-53)78(12,13)14/h33-44,85-86H,1-32H3. The summed E-state index contributed by atoms with van der Waals surface area (Å²) in [4.78, 5) is 21.2. The highest BCUT2D eigenvalue weighted by atomic mass is 14.8. The summed E-state index contributed by atoms with van der Waals surface area (Å²) in [7, 11) is 0. The minimum absolute atomic E-state index is 0.120. The monoisotopic (exact) mass is 1170 g/mol. The number of nitrogens with zero attached hydrogens (tertiary/aromatic N) is 2. The molecule has 4 nitrogen and oxygen atoms in total. The number of aromatic amines is 2. The van der Waals surface area contributed by atoms with E-state index in [1.54, 1.807) is 0 Å². The van der Waals surface area contributed by atoms with Crippen molar-refractivity contribution >= 4 is 44.4 Å². The Hall–Kier alpha value is -6.52. The summed E-state index contributed by atoms with van der Waals surface area (Å²) in [6.45, 7) is 75.1. The second kappa shape index (κ2) is 21.6. The summed E-state index contributed by atoms with van der Waals surface area (Å²) >= 11 is 0. The Balaban J connectivity index is 1.71. The van der Waals surface area contributed by atoms with E-state index in [0.29, 0.717) is 0 Å². The van der Waals surface area contributed by atoms with Crippen LogP contribution in [-0.2, 0) is 43.3 Å². The number of hydrogen-bond acceptors (Lipinski definition) is 2. The van der Waals surface area contributed by atoms with Gasteiger partial charge in [-0.1, -0.05) is 239 Å². The highest BCUT2D eigenvalue weighted by Crippen LogP contribution is 2.51. The molecule has 9 rings (SSSR count). The number of fused-ring (bicyclic) bond motifs is 8. The van der Waals surface area contributed by atoms with Crippen molar-refractivity contribution in [3.63, 3.8) is 0 Å². The third-order valence-electron chi connectivity index (χ3n) is 19.9. The van der Waals surface area contributed by atoms with Crippen molar-refractivity contribution in [2.45, 2.75) is 265 Å². The number of benzene rings is 4. The van der Waals surface area contributed by atoms with E-state index in [4.69, 9.17) is 9.97 Å². The molecular weight excluding hydrogens is 1060 g/mol. The summed E-state index contributed by atoms with van der Waals surface area (Å²) in [5, 5.41) is 0. The van der Waals surface area contributed by atoms with Crippen LogP contribution in [0.2, 0.25) is 0 Å². The molecule has 0 amide bonds. The first-order chi connectivity index (χ1) is 40.0. The number of hydrogen-bond donors (Lipinski definition) is 2. The van der Waals surface area contributed by atoms with Crippen LogP contribution in [0.5, 0.6) is 0 Å². The first kappa shape index (κ1) is 65.9. The fraction of sp³-hybridized carbons (Fsp3) is 0.476. The van der Waals surface area contributed by atoms with E-state index in [2.05, 4.69) is 304 Å². The molecule has 0 saturated heterocycles. The molecule has 0 atom stereocenters. The third-order valence-corrected chi connectivity index (χ3v) is 19.9. The average Bonchev–Trinajstić information content (AvgIpc) is 1.70. The quantitative estimate of drug-likeness (QED) is 0.185. The fourth-order valence-electron chi connectivity index (χ4n) is 12.8. The maximum Gasteiger partial charge on any atom is 0.0770 e. The van der Waals surface area contributed by atoms with E-state index in [1.165, 1.54) is 94.6 Å². The van der Waals surface area contributed by atoms with Crippen LogP contribution in [-0.4, -0.2) is 19.9 Å². The molecule has 8 bridgehead atoms. The van der Waals surface area contributed by atoms with Gasteiger partial charge in [0.05, 0.1) is 44.8 Å². The minimum atomic E-state index is -0.132. The van der Waals surface area contributed by atoms with Crippen LogP contribution in [0.25, 0.3) is 88.9 Å². The van der Waals surface area contributed by atoms with E-state index in [-0.39, 0.29) is 43.3 Å². The minimum Gasteiger partial charge on any atom is -0.354 e. The van der Waals surface area contributed by atoms with Crippen LogP contribution in [0.4, 0.5) is 0 Å². The van der Waals surface area contributed by atoms with Crippen LogP contribution >= 0.6 is 0 Å². The van der Waals surface area contributed by atoms with Gasteiger partial charge in [-0.2, -0.15) is 0 Å². The topological polar surface area (TPSA) is 57.4 Å². The maximum atomic E-state index is 6.23. The summed E-state index contributed by atoms with van der Waals surface area (Å²) in [6.07, 6.45) is 0. The Morgan fingerprint density at radius 1 is 0.216 bits per heavy atom. The van der Waals surface area contributed by atoms with E-state index in [0.717, 1.165) is 83.8 Å². The molecule has 0 unspecified atom stereocenters. The van der Waals surface area contributed by atoms with Gasteiger partial charge in [0.1, 0.15) is 0 Å². The SMILES string of the molecule is CC1=C(C)c2nc1c(-c1cc(C(C)(C)C)cc(C(C)(C)C)c1)c1nc(c(-c3cc(C(C)(C)C)cc(C(C)(C)C)c3)c3[nH]c(c(C)c3C)c(-c3cc(C(C)(C)C)cc(C(C)(C)C)c3)c3[nH]c(c(C)c3C)c2-c2cc(C(C)(C)C)cc(C(C)(C)C)c2)C(C)=C1C. The second-order valence-corrected chi connectivity index (χ2v) is 35.1. The number of nitrogens with one attached hydrogen (secondary N) is 2. The molecule has 4 heteroatoms. The zero-order valence-corrected chi connectivity index (χ0v) is 60.8. The third kappa shape index (κ3) is 12.1. The number of aromatic nitrogens is 4. The molecular formula is C84H110N4. The molecule has 0 fully saturated rings. The van der Waals surface area contributed by atoms with Gasteiger partial charge in [-0.05, 0) is 210 Å². The fourth-order valence-corrected chi connectivity index (χ4v) is 12.8. The van der Waals surface area contributed by atoms with Crippen molar-refractivity contribution in [2.75, 3.05) is 0 Å². The van der Waals surface area contributed by atoms with Gasteiger partial charge >= 0.3 is 0 Å². The van der Waals surface area contributed by atoms with Crippen molar-refractivity contribution in [2.24, 2.45) is 0 Å². The molecule has 2 aliphatic rings. The van der Waals surface area contributed by atoms with E-state index in [1.807, 2.05) is 0 Å². The summed E-state index contributed by atoms with van der Waals surface area (Å²) in [5.74, 6) is 0. The van der Waals surface area contributed by atoms with Gasteiger partial charge in [-0.15, -0.1) is 0 Å². The molecule has 0 spiro atoms. The molecule has 0 aliphatic carbocycles. The first-order valence-electron chi connectivity index (χ1n) is 32.8. The lowest BCUT2D eigenvalue weighted by Crippen LogP contribution is -2.16. The molecule has 0 saturated carbocycles. The van der Waals surface area contributed by atoms with Gasteiger partial charge in [0.15, 0.2) is 0 Å². The van der Waals surface area contributed by atoms with E-state index in [9.17, 15) is 0 Å². The van der Waals surface area contributed by atoms with Crippen LogP contribution < -0.4 is 0 Å². The van der Waals surface area contributed by atoms with Crippen LogP contribution in [0.15, 0.2) is 72.8 Å². The first-order valence-corrected chi connectivity index (χ1v) is 32.8. The van der Waals surface area contributed by atoms with Gasteiger partial charge in [0.2, 0.25) is 0 Å². The van der Waals surface area contributed by atoms with Gasteiger partial charge in [-0.25, -0.2) is 9.97 Å². The summed E-state index contributed by atoms with van der Waals surface area (Å²) in [5.41, 5.74) is 36.4. The summed E-state index contributed by atoms with van der Waals surface area (Å²) < 4.78 is 0. The Bertz CT molecular complexity index is 3930. The predicted molar refractivity (Wildman–Crippen MR) is 388 cm³/mol. The molecule has 466 valence electrons. The highest BCUT2D eigenvalue weighted by Gasteiger charge is 2.34. The molecule has 2 aliphatic heterocycles. The summed E-state index contributed by atoms with van der Waals surface area (Å²) in [6, 6.07) is 29.6. The Morgan fingerprint density at radius 3 is 0.568 bits per heavy atom. The van der Waals surface area contributed by atoms with Gasteiger partial charge in [0.25, 0.3) is 0 Å². The molecule has 88 heavy (non-hydrogen) atoms. The Morgan fingerprint density at radius 2 is 0.375 bits per heavy atom. The molecule has 5 heterocycles. The Labute approximate surface area is 533 Å². The predicted octanol–water partition coefficient (Wildman–Crippen LogP) is 24.5. The van der Waals surface area contributed by atoms with Crippen molar-refractivity contribution in [1.29, 1.82) is 0 Å². The van der Waals surface area contributed by atoms with Gasteiger partial charge < -0.3 is 9.97 Å². The number of aryl methyl sites for hydroxylation is 4. The van der Waals surface area contributed by atoms with Gasteiger partial charge in [0, 0.05) is 22.3 Å². The molecule has 3 aromatic heterocycles. The van der Waals surface area contributed by atoms with E-state index >= 15 is 0 Å². The van der Waals surface area contributed by atoms with Crippen LogP contribution in [0, 0.1) is 27.7 Å². The maximum absolute atomic E-state index is 6.23. The molecule has 0 radical (unpaired) electrons. The zero-order chi connectivity index (χ0) is 65.8. The zero-order valence-electron chi connectivity index (χ0n) is 60.8. The van der Waals surface area contributed by atoms with Gasteiger partial charge in [-0.3, -0.25) is 0 Å². The van der Waals surface area contributed by atoms with Crippen molar-refractivity contribution in [3.8, 4) is 44.5 Å². The largest absolute Gasteiger partial charge is 0.354 e. The van der Waals surface area contributed by atoms with Crippen molar-refractivity contribution in [1.82, 2.24) is 19.9 Å².